The average molecular weight is 156 g/mol. The van der Waals surface area contributed by atoms with Crippen LogP contribution in [0.5, 0.6) is 0 Å². The normalized spacial score (nSPS) is 15.2. The van der Waals surface area contributed by atoms with E-state index in [9.17, 15) is 4.79 Å². The fraction of sp³-hybridized carbons (Fsp3) is 0.625. The van der Waals surface area contributed by atoms with Gasteiger partial charge < -0.3 is 11.1 Å². The molecule has 3 N–H and O–H groups in total. The van der Waals surface area contributed by atoms with E-state index in [0.29, 0.717) is 0 Å². The number of nitrogens with one attached hydrogen (secondary N) is 1. The van der Waals surface area contributed by atoms with Gasteiger partial charge in [-0.25, -0.2) is 0 Å². The lowest BCUT2D eigenvalue weighted by molar-refractivity contribution is -0.117. The molecule has 0 saturated carbocycles. The predicted molar refractivity (Wildman–Crippen MR) is 46.1 cm³/mol. The van der Waals surface area contributed by atoms with Gasteiger partial charge in [-0.05, 0) is 26.3 Å². The Labute approximate surface area is 67.7 Å². The highest BCUT2D eigenvalue weighted by Gasteiger charge is 2.05. The van der Waals surface area contributed by atoms with E-state index in [1.54, 1.807) is 0 Å². The summed E-state index contributed by atoms with van der Waals surface area (Å²) in [5.41, 5.74) is 5.53. The molecule has 1 amide bonds. The van der Waals surface area contributed by atoms with Gasteiger partial charge in [0, 0.05) is 12.1 Å². The van der Waals surface area contributed by atoms with Crippen molar-refractivity contribution in [3.8, 4) is 0 Å². The molecule has 0 aromatic carbocycles. The van der Waals surface area contributed by atoms with Crippen molar-refractivity contribution in [2.24, 2.45) is 5.73 Å². The highest BCUT2D eigenvalue weighted by atomic mass is 16.1. The lowest BCUT2D eigenvalue weighted by atomic mass is 10.1. The zero-order chi connectivity index (χ0) is 8.85. The summed E-state index contributed by atoms with van der Waals surface area (Å²) in [6, 6.07) is 0.246. The molecule has 0 aliphatic carbocycles. The first-order valence-corrected chi connectivity index (χ1v) is 3.74. The molecule has 2 atom stereocenters. The van der Waals surface area contributed by atoms with E-state index in [1.165, 1.54) is 6.08 Å². The molecule has 0 bridgehead atoms. The third kappa shape index (κ3) is 5.61. The molecule has 3 nitrogen and oxygen atoms in total. The van der Waals surface area contributed by atoms with Gasteiger partial charge in [-0.15, -0.1) is 0 Å². The van der Waals surface area contributed by atoms with Gasteiger partial charge in [0.15, 0.2) is 0 Å². The molecule has 0 spiro atoms. The van der Waals surface area contributed by atoms with Crippen LogP contribution in [0, 0.1) is 0 Å². The number of rotatable bonds is 4. The first-order chi connectivity index (χ1) is 5.06. The molecule has 0 heterocycles. The highest BCUT2D eigenvalue weighted by molar-refractivity contribution is 5.87. The second-order valence-corrected chi connectivity index (χ2v) is 2.83. The number of hydrogen-bond acceptors (Lipinski definition) is 2. The zero-order valence-corrected chi connectivity index (χ0v) is 7.13. The van der Waals surface area contributed by atoms with E-state index >= 15 is 0 Å². The third-order valence-corrected chi connectivity index (χ3v) is 1.30. The quantitative estimate of drug-likeness (QED) is 0.579. The standard InChI is InChI=1S/C8H16N2O/c1-4-8(11)10-7(3)5-6(2)9/h4,6-7H,1,5,9H2,2-3H3,(H,10,11). The minimum atomic E-state index is -0.141. The Morgan fingerprint density at radius 2 is 2.27 bits per heavy atom. The molecule has 0 saturated heterocycles. The second kappa shape index (κ2) is 4.91. The Balaban J connectivity index is 3.59. The lowest BCUT2D eigenvalue weighted by Crippen LogP contribution is -2.35. The summed E-state index contributed by atoms with van der Waals surface area (Å²) in [5.74, 6) is -0.141. The van der Waals surface area contributed by atoms with Gasteiger partial charge in [0.1, 0.15) is 0 Å². The molecule has 0 radical (unpaired) electrons. The molecule has 64 valence electrons. The summed E-state index contributed by atoms with van der Waals surface area (Å²) >= 11 is 0. The molecule has 11 heavy (non-hydrogen) atoms. The summed E-state index contributed by atoms with van der Waals surface area (Å²) in [4.78, 5) is 10.7. The van der Waals surface area contributed by atoms with Crippen molar-refractivity contribution >= 4 is 5.91 Å². The Bertz CT molecular complexity index is 143. The minimum absolute atomic E-state index is 0.120. The van der Waals surface area contributed by atoms with Gasteiger partial charge in [0.25, 0.3) is 0 Å². The molecule has 0 aliphatic rings. The zero-order valence-electron chi connectivity index (χ0n) is 7.13. The van der Waals surface area contributed by atoms with Crippen LogP contribution >= 0.6 is 0 Å². The monoisotopic (exact) mass is 156 g/mol. The summed E-state index contributed by atoms with van der Waals surface area (Å²) in [6.45, 7) is 7.18. The Morgan fingerprint density at radius 1 is 1.73 bits per heavy atom. The number of amides is 1. The van der Waals surface area contributed by atoms with Crippen LogP contribution in [0.3, 0.4) is 0 Å². The molecule has 0 rings (SSSR count). The summed E-state index contributed by atoms with van der Waals surface area (Å²) in [5, 5.41) is 2.72. The fourth-order valence-corrected chi connectivity index (χ4v) is 0.918. The van der Waals surface area contributed by atoms with Crippen LogP contribution in [0.15, 0.2) is 12.7 Å². The molecular weight excluding hydrogens is 140 g/mol. The summed E-state index contributed by atoms with van der Waals surface area (Å²) in [7, 11) is 0. The average Bonchev–Trinajstić information content (AvgIpc) is 1.85. The van der Waals surface area contributed by atoms with Crippen molar-refractivity contribution in [1.82, 2.24) is 5.32 Å². The van der Waals surface area contributed by atoms with Crippen LogP contribution < -0.4 is 11.1 Å². The Morgan fingerprint density at radius 3 is 2.64 bits per heavy atom. The molecule has 0 aromatic rings. The van der Waals surface area contributed by atoms with Crippen LogP contribution in [-0.2, 0) is 4.79 Å². The minimum Gasteiger partial charge on any atom is -0.350 e. The van der Waals surface area contributed by atoms with E-state index < -0.39 is 0 Å². The largest absolute Gasteiger partial charge is 0.350 e. The van der Waals surface area contributed by atoms with Crippen molar-refractivity contribution in [3.05, 3.63) is 12.7 Å². The van der Waals surface area contributed by atoms with Crippen LogP contribution in [0.25, 0.3) is 0 Å². The molecule has 0 aliphatic heterocycles. The van der Waals surface area contributed by atoms with E-state index in [4.69, 9.17) is 5.73 Å². The first kappa shape index (κ1) is 10.2. The maximum absolute atomic E-state index is 10.7. The molecule has 2 unspecified atom stereocenters. The van der Waals surface area contributed by atoms with Crippen molar-refractivity contribution in [2.75, 3.05) is 0 Å². The second-order valence-electron chi connectivity index (χ2n) is 2.83. The molecular formula is C8H16N2O. The van der Waals surface area contributed by atoms with E-state index in [-0.39, 0.29) is 18.0 Å². The van der Waals surface area contributed by atoms with E-state index in [0.717, 1.165) is 6.42 Å². The van der Waals surface area contributed by atoms with Gasteiger partial charge in [0.2, 0.25) is 5.91 Å². The highest BCUT2D eigenvalue weighted by Crippen LogP contribution is 1.93. The molecule has 3 heteroatoms. The third-order valence-electron chi connectivity index (χ3n) is 1.30. The van der Waals surface area contributed by atoms with Gasteiger partial charge >= 0.3 is 0 Å². The van der Waals surface area contributed by atoms with Crippen LogP contribution in [0.1, 0.15) is 20.3 Å². The topological polar surface area (TPSA) is 55.1 Å². The fourth-order valence-electron chi connectivity index (χ4n) is 0.918. The Hall–Kier alpha value is -0.830. The van der Waals surface area contributed by atoms with Crippen molar-refractivity contribution < 1.29 is 4.79 Å². The first-order valence-electron chi connectivity index (χ1n) is 3.74. The molecule has 0 aromatic heterocycles. The van der Waals surface area contributed by atoms with Crippen LogP contribution in [0.4, 0.5) is 0 Å². The van der Waals surface area contributed by atoms with Gasteiger partial charge in [-0.3, -0.25) is 4.79 Å². The maximum Gasteiger partial charge on any atom is 0.243 e. The van der Waals surface area contributed by atoms with Crippen LogP contribution in [0.2, 0.25) is 0 Å². The summed E-state index contributed by atoms with van der Waals surface area (Å²) in [6.07, 6.45) is 2.05. The lowest BCUT2D eigenvalue weighted by Gasteiger charge is -2.14. The molecule has 0 fully saturated rings. The number of nitrogens with two attached hydrogens (primary N) is 1. The van der Waals surface area contributed by atoms with Crippen LogP contribution in [-0.4, -0.2) is 18.0 Å². The summed E-state index contributed by atoms with van der Waals surface area (Å²) < 4.78 is 0. The van der Waals surface area contributed by atoms with Crippen molar-refractivity contribution in [2.45, 2.75) is 32.4 Å². The van der Waals surface area contributed by atoms with E-state index in [1.807, 2.05) is 13.8 Å². The van der Waals surface area contributed by atoms with Crippen molar-refractivity contribution in [1.29, 1.82) is 0 Å². The predicted octanol–water partition coefficient (Wildman–Crippen LogP) is 0.414. The van der Waals surface area contributed by atoms with E-state index in [2.05, 4.69) is 11.9 Å². The smallest absolute Gasteiger partial charge is 0.243 e. The van der Waals surface area contributed by atoms with Gasteiger partial charge in [-0.2, -0.15) is 0 Å². The number of carbonyl (C=O) groups excluding carboxylic acids is 1. The SMILES string of the molecule is C=CC(=O)NC(C)CC(C)N. The number of hydrogen-bond donors (Lipinski definition) is 2. The Kier molecular flexibility index (Phi) is 4.54. The maximum atomic E-state index is 10.7. The van der Waals surface area contributed by atoms with Gasteiger partial charge in [-0.1, -0.05) is 6.58 Å². The van der Waals surface area contributed by atoms with Gasteiger partial charge in [0.05, 0.1) is 0 Å². The van der Waals surface area contributed by atoms with Crippen molar-refractivity contribution in [3.63, 3.8) is 0 Å². The number of carbonyl (C=O) groups is 1.